The van der Waals surface area contributed by atoms with Crippen molar-refractivity contribution in [1.29, 1.82) is 0 Å². The Kier molecular flexibility index (Phi) is 3.01. The monoisotopic (exact) mass is 240 g/mol. The van der Waals surface area contributed by atoms with Gasteiger partial charge in [0.25, 0.3) is 0 Å². The molecule has 0 spiro atoms. The summed E-state index contributed by atoms with van der Waals surface area (Å²) >= 11 is 0. The smallest absolute Gasteiger partial charge is 0.309 e. The van der Waals surface area contributed by atoms with Gasteiger partial charge in [0.15, 0.2) is 0 Å². The summed E-state index contributed by atoms with van der Waals surface area (Å²) in [5.41, 5.74) is 1.06. The third kappa shape index (κ3) is 2.23. The first kappa shape index (κ1) is 11.3. The van der Waals surface area contributed by atoms with Crippen LogP contribution < -0.4 is 0 Å². The molecule has 2 heteroatoms. The molecule has 92 valence electrons. The summed E-state index contributed by atoms with van der Waals surface area (Å²) in [6.07, 6.45) is 3.16. The Morgan fingerprint density at radius 2 is 1.89 bits per heavy atom. The second-order valence-corrected chi connectivity index (χ2v) is 4.92. The maximum Gasteiger partial charge on any atom is 0.309 e. The van der Waals surface area contributed by atoms with Crippen LogP contribution in [-0.2, 0) is 16.1 Å². The lowest BCUT2D eigenvalue weighted by atomic mass is 9.86. The highest BCUT2D eigenvalue weighted by Gasteiger charge is 2.26. The number of carbonyl (C=O) groups is 1. The summed E-state index contributed by atoms with van der Waals surface area (Å²) < 4.78 is 5.34. The minimum atomic E-state index is -0.0330. The standard InChI is InChI=1S/C16H16O2/c17-16(14-6-3-7-14)18-11-12-8-9-13-4-1-2-5-15(13)10-12/h1-2,4-5,8-10,14H,3,6-7,11H2. The van der Waals surface area contributed by atoms with E-state index in [-0.39, 0.29) is 11.9 Å². The molecule has 0 aliphatic heterocycles. The highest BCUT2D eigenvalue weighted by atomic mass is 16.5. The van der Waals surface area contributed by atoms with E-state index in [1.165, 1.54) is 10.8 Å². The van der Waals surface area contributed by atoms with Gasteiger partial charge < -0.3 is 4.74 Å². The van der Waals surface area contributed by atoms with E-state index in [1.54, 1.807) is 0 Å². The zero-order chi connectivity index (χ0) is 12.4. The van der Waals surface area contributed by atoms with E-state index in [1.807, 2.05) is 18.2 Å². The molecule has 18 heavy (non-hydrogen) atoms. The molecule has 0 N–H and O–H groups in total. The van der Waals surface area contributed by atoms with Gasteiger partial charge in [-0.1, -0.05) is 42.8 Å². The Hall–Kier alpha value is -1.83. The van der Waals surface area contributed by atoms with Gasteiger partial charge >= 0.3 is 5.97 Å². The Bertz CT molecular complexity index is 570. The van der Waals surface area contributed by atoms with Crippen LogP contribution in [0, 0.1) is 5.92 Å². The SMILES string of the molecule is O=C(OCc1ccc2ccccc2c1)C1CCC1. The van der Waals surface area contributed by atoms with Gasteiger partial charge in [-0.3, -0.25) is 4.79 Å². The highest BCUT2D eigenvalue weighted by Crippen LogP contribution is 2.27. The Morgan fingerprint density at radius 1 is 1.11 bits per heavy atom. The number of benzene rings is 2. The van der Waals surface area contributed by atoms with Gasteiger partial charge in [0, 0.05) is 0 Å². The van der Waals surface area contributed by atoms with Crippen LogP contribution in [0.3, 0.4) is 0 Å². The first-order chi connectivity index (χ1) is 8.83. The van der Waals surface area contributed by atoms with Crippen molar-refractivity contribution < 1.29 is 9.53 Å². The third-order valence-corrected chi connectivity index (χ3v) is 3.63. The van der Waals surface area contributed by atoms with Crippen molar-refractivity contribution in [2.75, 3.05) is 0 Å². The third-order valence-electron chi connectivity index (χ3n) is 3.63. The number of esters is 1. The molecule has 1 aliphatic rings. The average Bonchev–Trinajstić information content (AvgIpc) is 2.34. The van der Waals surface area contributed by atoms with Crippen LogP contribution in [0.2, 0.25) is 0 Å². The quantitative estimate of drug-likeness (QED) is 0.765. The summed E-state index contributed by atoms with van der Waals surface area (Å²) in [5, 5.41) is 2.40. The summed E-state index contributed by atoms with van der Waals surface area (Å²) in [4.78, 5) is 11.6. The van der Waals surface area contributed by atoms with Crippen molar-refractivity contribution >= 4 is 16.7 Å². The molecular formula is C16H16O2. The van der Waals surface area contributed by atoms with Crippen molar-refractivity contribution in [2.24, 2.45) is 5.92 Å². The van der Waals surface area contributed by atoms with Crippen molar-refractivity contribution in [2.45, 2.75) is 25.9 Å². The van der Waals surface area contributed by atoms with Crippen LogP contribution in [0.1, 0.15) is 24.8 Å². The normalized spacial score (nSPS) is 15.3. The zero-order valence-corrected chi connectivity index (χ0v) is 10.3. The van der Waals surface area contributed by atoms with Gasteiger partial charge in [-0.25, -0.2) is 0 Å². The van der Waals surface area contributed by atoms with Crippen LogP contribution in [0.4, 0.5) is 0 Å². The van der Waals surface area contributed by atoms with E-state index in [0.717, 1.165) is 24.8 Å². The summed E-state index contributed by atoms with van der Waals surface area (Å²) in [6, 6.07) is 14.4. The minimum absolute atomic E-state index is 0.0330. The highest BCUT2D eigenvalue weighted by molar-refractivity contribution is 5.83. The molecule has 0 bridgehead atoms. The molecule has 1 saturated carbocycles. The molecule has 0 amide bonds. The van der Waals surface area contributed by atoms with Crippen molar-refractivity contribution in [3.05, 3.63) is 48.0 Å². The fourth-order valence-corrected chi connectivity index (χ4v) is 2.24. The maximum atomic E-state index is 11.6. The molecule has 0 heterocycles. The van der Waals surface area contributed by atoms with Crippen LogP contribution >= 0.6 is 0 Å². The second kappa shape index (κ2) is 4.81. The largest absolute Gasteiger partial charge is 0.461 e. The number of carbonyl (C=O) groups excluding carboxylic acids is 1. The number of rotatable bonds is 3. The van der Waals surface area contributed by atoms with Gasteiger partial charge in [0.1, 0.15) is 6.61 Å². The number of ether oxygens (including phenoxy) is 1. The summed E-state index contributed by atoms with van der Waals surface area (Å²) in [6.45, 7) is 0.389. The molecule has 0 aromatic heterocycles. The van der Waals surface area contributed by atoms with E-state index in [2.05, 4.69) is 24.3 Å². The van der Waals surface area contributed by atoms with E-state index < -0.39 is 0 Å². The molecule has 3 rings (SSSR count). The summed E-state index contributed by atoms with van der Waals surface area (Å²) in [5.74, 6) is 0.125. The Labute approximate surface area is 107 Å². The molecule has 0 unspecified atom stereocenters. The number of hydrogen-bond donors (Lipinski definition) is 0. The molecule has 0 radical (unpaired) electrons. The zero-order valence-electron chi connectivity index (χ0n) is 10.3. The average molecular weight is 240 g/mol. The van der Waals surface area contributed by atoms with E-state index in [0.29, 0.717) is 6.61 Å². The Morgan fingerprint density at radius 3 is 2.61 bits per heavy atom. The molecule has 1 fully saturated rings. The van der Waals surface area contributed by atoms with Gasteiger partial charge in [0.2, 0.25) is 0 Å². The number of hydrogen-bond acceptors (Lipinski definition) is 2. The van der Waals surface area contributed by atoms with Gasteiger partial charge in [-0.05, 0) is 35.2 Å². The van der Waals surface area contributed by atoms with Gasteiger partial charge in [-0.2, -0.15) is 0 Å². The fraction of sp³-hybridized carbons (Fsp3) is 0.312. The molecule has 1 aliphatic carbocycles. The maximum absolute atomic E-state index is 11.6. The van der Waals surface area contributed by atoms with E-state index >= 15 is 0 Å². The molecule has 2 nitrogen and oxygen atoms in total. The van der Waals surface area contributed by atoms with Crippen LogP contribution in [-0.4, -0.2) is 5.97 Å². The predicted molar refractivity (Wildman–Crippen MR) is 71.1 cm³/mol. The molecular weight excluding hydrogens is 224 g/mol. The lowest BCUT2D eigenvalue weighted by Gasteiger charge is -2.23. The van der Waals surface area contributed by atoms with Crippen LogP contribution in [0.25, 0.3) is 10.8 Å². The van der Waals surface area contributed by atoms with Crippen LogP contribution in [0.5, 0.6) is 0 Å². The fourth-order valence-electron chi connectivity index (χ4n) is 2.24. The topological polar surface area (TPSA) is 26.3 Å². The van der Waals surface area contributed by atoms with Crippen molar-refractivity contribution in [3.63, 3.8) is 0 Å². The summed E-state index contributed by atoms with van der Waals surface area (Å²) in [7, 11) is 0. The minimum Gasteiger partial charge on any atom is -0.461 e. The van der Waals surface area contributed by atoms with Crippen molar-refractivity contribution in [3.8, 4) is 0 Å². The van der Waals surface area contributed by atoms with E-state index in [4.69, 9.17) is 4.74 Å². The lowest BCUT2D eigenvalue weighted by Crippen LogP contribution is -2.23. The number of fused-ring (bicyclic) bond motifs is 1. The lowest BCUT2D eigenvalue weighted by molar-refractivity contribution is -0.152. The van der Waals surface area contributed by atoms with E-state index in [9.17, 15) is 4.79 Å². The molecule has 0 saturated heterocycles. The van der Waals surface area contributed by atoms with Gasteiger partial charge in [0.05, 0.1) is 5.92 Å². The Balaban J connectivity index is 1.68. The first-order valence-electron chi connectivity index (χ1n) is 6.47. The molecule has 2 aromatic carbocycles. The first-order valence-corrected chi connectivity index (χ1v) is 6.47. The predicted octanol–water partition coefficient (Wildman–Crippen LogP) is 3.68. The van der Waals surface area contributed by atoms with Crippen LogP contribution in [0.15, 0.2) is 42.5 Å². The molecule has 0 atom stereocenters. The second-order valence-electron chi connectivity index (χ2n) is 4.92. The van der Waals surface area contributed by atoms with Gasteiger partial charge in [-0.15, -0.1) is 0 Å². The molecule has 2 aromatic rings. The van der Waals surface area contributed by atoms with Crippen molar-refractivity contribution in [1.82, 2.24) is 0 Å².